The molecule has 1 atom stereocenters. The summed E-state index contributed by atoms with van der Waals surface area (Å²) < 4.78 is 7.65. The number of carbonyl (C=O) groups is 2. The summed E-state index contributed by atoms with van der Waals surface area (Å²) in [6, 6.07) is 20.7. The lowest BCUT2D eigenvalue weighted by molar-refractivity contribution is -0.121. The van der Waals surface area contributed by atoms with Crippen LogP contribution in [-0.4, -0.2) is 26.5 Å². The number of ether oxygens (including phenoxy) is 1. The van der Waals surface area contributed by atoms with Gasteiger partial charge >= 0.3 is 6.03 Å². The van der Waals surface area contributed by atoms with E-state index in [1.165, 1.54) is 0 Å². The van der Waals surface area contributed by atoms with E-state index < -0.39 is 12.1 Å². The van der Waals surface area contributed by atoms with Crippen LogP contribution in [0.4, 0.5) is 4.79 Å². The Bertz CT molecular complexity index is 1220. The molecule has 162 valence electrons. The summed E-state index contributed by atoms with van der Waals surface area (Å²) in [6.45, 7) is 0.199. The number of pyridine rings is 1. The van der Waals surface area contributed by atoms with Crippen LogP contribution in [0.25, 0.3) is 5.65 Å². The molecular weight excluding hydrogens is 408 g/mol. The van der Waals surface area contributed by atoms with Gasteiger partial charge in [0.2, 0.25) is 5.91 Å². The molecule has 32 heavy (non-hydrogen) atoms. The predicted octanol–water partition coefficient (Wildman–Crippen LogP) is 2.94. The van der Waals surface area contributed by atoms with Crippen LogP contribution in [0.15, 0.2) is 79.0 Å². The topological polar surface area (TPSA) is 124 Å². The van der Waals surface area contributed by atoms with Gasteiger partial charge in [-0.2, -0.15) is 0 Å². The van der Waals surface area contributed by atoms with Gasteiger partial charge in [-0.15, -0.1) is 10.2 Å². The van der Waals surface area contributed by atoms with Crippen LogP contribution in [0, 0.1) is 0 Å². The van der Waals surface area contributed by atoms with Crippen molar-refractivity contribution in [2.45, 2.75) is 19.0 Å². The van der Waals surface area contributed by atoms with Crippen molar-refractivity contribution in [1.29, 1.82) is 0 Å². The van der Waals surface area contributed by atoms with Gasteiger partial charge < -0.3 is 21.1 Å². The van der Waals surface area contributed by atoms with Crippen LogP contribution in [-0.2, 0) is 11.3 Å². The van der Waals surface area contributed by atoms with Crippen LogP contribution >= 0.6 is 0 Å². The molecule has 4 N–H and O–H groups in total. The zero-order valence-corrected chi connectivity index (χ0v) is 17.1. The third-order valence-corrected chi connectivity index (χ3v) is 4.77. The number of nitrogens with zero attached hydrogens (tertiary/aromatic N) is 3. The Labute approximate surface area is 184 Å². The van der Waals surface area contributed by atoms with Gasteiger partial charge in [0.25, 0.3) is 0 Å². The average Bonchev–Trinajstić information content (AvgIpc) is 3.21. The van der Waals surface area contributed by atoms with E-state index in [2.05, 4.69) is 20.8 Å². The highest BCUT2D eigenvalue weighted by Gasteiger charge is 2.19. The maximum absolute atomic E-state index is 12.6. The van der Waals surface area contributed by atoms with Gasteiger partial charge in [0.15, 0.2) is 11.5 Å². The largest absolute Gasteiger partial charge is 0.457 e. The van der Waals surface area contributed by atoms with Crippen LogP contribution < -0.4 is 21.1 Å². The second-order valence-corrected chi connectivity index (χ2v) is 7.07. The summed E-state index contributed by atoms with van der Waals surface area (Å²) >= 11 is 0. The molecule has 2 aromatic heterocycles. The molecule has 0 spiro atoms. The number of aromatic nitrogens is 3. The molecule has 0 aliphatic heterocycles. The average molecular weight is 430 g/mol. The first-order valence-electron chi connectivity index (χ1n) is 10.0. The monoisotopic (exact) mass is 430 g/mol. The Kier molecular flexibility index (Phi) is 6.26. The van der Waals surface area contributed by atoms with Gasteiger partial charge in [0, 0.05) is 6.20 Å². The number of nitrogens with one attached hydrogen (secondary N) is 2. The molecule has 9 nitrogen and oxygen atoms in total. The number of benzene rings is 2. The fraction of sp³-hybridized carbons (Fsp3) is 0.130. The molecule has 1 unspecified atom stereocenters. The summed E-state index contributed by atoms with van der Waals surface area (Å²) in [7, 11) is 0. The van der Waals surface area contributed by atoms with E-state index in [4.69, 9.17) is 10.5 Å². The molecule has 0 bridgehead atoms. The lowest BCUT2D eigenvalue weighted by Crippen LogP contribution is -2.36. The zero-order chi connectivity index (χ0) is 22.3. The molecule has 9 heteroatoms. The molecule has 2 heterocycles. The van der Waals surface area contributed by atoms with E-state index >= 15 is 0 Å². The van der Waals surface area contributed by atoms with Crippen molar-refractivity contribution < 1.29 is 14.3 Å². The molecule has 0 aliphatic rings. The van der Waals surface area contributed by atoms with Gasteiger partial charge in [-0.25, -0.2) is 4.79 Å². The highest BCUT2D eigenvalue weighted by molar-refractivity contribution is 5.78. The lowest BCUT2D eigenvalue weighted by atomic mass is 10.0. The minimum Gasteiger partial charge on any atom is -0.457 e. The van der Waals surface area contributed by atoms with Crippen molar-refractivity contribution >= 4 is 17.6 Å². The number of para-hydroxylation sites is 1. The van der Waals surface area contributed by atoms with Gasteiger partial charge in [-0.1, -0.05) is 36.4 Å². The van der Waals surface area contributed by atoms with E-state index in [0.717, 1.165) is 0 Å². The zero-order valence-electron chi connectivity index (χ0n) is 17.1. The number of rotatable bonds is 8. The maximum Gasteiger partial charge on any atom is 0.312 e. The van der Waals surface area contributed by atoms with Crippen molar-refractivity contribution in [3.63, 3.8) is 0 Å². The highest BCUT2D eigenvalue weighted by Crippen LogP contribution is 2.26. The highest BCUT2D eigenvalue weighted by atomic mass is 16.5. The summed E-state index contributed by atoms with van der Waals surface area (Å²) in [5.41, 5.74) is 6.74. The first-order chi connectivity index (χ1) is 15.6. The number of fused-ring (bicyclic) bond motifs is 1. The summed E-state index contributed by atoms with van der Waals surface area (Å²) in [5.74, 6) is 1.60. The Hall–Kier alpha value is -4.40. The molecule has 0 saturated heterocycles. The first-order valence-corrected chi connectivity index (χ1v) is 10.0. The fourth-order valence-electron chi connectivity index (χ4n) is 3.29. The van der Waals surface area contributed by atoms with Crippen molar-refractivity contribution in [3.8, 4) is 11.5 Å². The lowest BCUT2D eigenvalue weighted by Gasteiger charge is -2.18. The number of hydrogen-bond acceptors (Lipinski definition) is 5. The Morgan fingerprint density at radius 1 is 0.969 bits per heavy atom. The molecule has 4 aromatic rings. The van der Waals surface area contributed by atoms with Crippen LogP contribution in [0.1, 0.15) is 23.9 Å². The number of nitrogens with two attached hydrogens (primary N) is 1. The first kappa shape index (κ1) is 20.9. The van der Waals surface area contributed by atoms with E-state index in [9.17, 15) is 9.59 Å². The second kappa shape index (κ2) is 9.61. The molecule has 0 saturated carbocycles. The quantitative estimate of drug-likeness (QED) is 0.397. The standard InChI is InChI=1S/C23H22N6O3/c24-23(31)26-19(16-7-6-10-18(13-16)32-17-8-2-1-3-9-17)14-22(30)25-15-21-28-27-20-11-4-5-12-29(20)21/h1-13,19H,14-15H2,(H,25,30)(H3,24,26,31). The van der Waals surface area contributed by atoms with Crippen molar-refractivity contribution in [3.05, 3.63) is 90.4 Å². The van der Waals surface area contributed by atoms with Gasteiger partial charge in [0.05, 0.1) is 19.0 Å². The number of amides is 3. The Morgan fingerprint density at radius 3 is 2.56 bits per heavy atom. The van der Waals surface area contributed by atoms with Gasteiger partial charge in [0.1, 0.15) is 11.5 Å². The third-order valence-electron chi connectivity index (χ3n) is 4.77. The molecular formula is C23H22N6O3. The molecule has 0 fully saturated rings. The number of carbonyl (C=O) groups excluding carboxylic acids is 2. The molecule has 0 aliphatic carbocycles. The molecule has 3 amide bonds. The molecule has 4 rings (SSSR count). The van der Waals surface area contributed by atoms with Crippen LogP contribution in [0.2, 0.25) is 0 Å². The Balaban J connectivity index is 1.44. The summed E-state index contributed by atoms with van der Waals surface area (Å²) in [5, 5.41) is 13.6. The smallest absolute Gasteiger partial charge is 0.312 e. The fourth-order valence-corrected chi connectivity index (χ4v) is 3.29. The van der Waals surface area contributed by atoms with Gasteiger partial charge in [-0.3, -0.25) is 9.20 Å². The summed E-state index contributed by atoms with van der Waals surface area (Å²) in [4.78, 5) is 24.2. The summed E-state index contributed by atoms with van der Waals surface area (Å²) in [6.07, 6.45) is 1.82. The van der Waals surface area contributed by atoms with E-state index in [1.54, 1.807) is 28.7 Å². The Morgan fingerprint density at radius 2 is 1.75 bits per heavy atom. The van der Waals surface area contributed by atoms with Gasteiger partial charge in [-0.05, 0) is 42.0 Å². The normalized spacial score (nSPS) is 11.6. The molecule has 0 radical (unpaired) electrons. The third kappa shape index (κ3) is 5.20. The number of hydrogen-bond donors (Lipinski definition) is 3. The minimum atomic E-state index is -0.722. The maximum atomic E-state index is 12.6. The molecule has 2 aromatic carbocycles. The van der Waals surface area contributed by atoms with E-state index in [1.807, 2.05) is 54.7 Å². The SMILES string of the molecule is NC(=O)NC(CC(=O)NCc1nnc2ccccn12)c1cccc(Oc2ccccc2)c1. The van der Waals surface area contributed by atoms with E-state index in [-0.39, 0.29) is 18.9 Å². The number of primary amides is 1. The predicted molar refractivity (Wildman–Crippen MR) is 118 cm³/mol. The van der Waals surface area contributed by atoms with Crippen molar-refractivity contribution in [2.75, 3.05) is 0 Å². The van der Waals surface area contributed by atoms with Crippen LogP contribution in [0.3, 0.4) is 0 Å². The minimum absolute atomic E-state index is 0.00549. The van der Waals surface area contributed by atoms with E-state index in [0.29, 0.717) is 28.5 Å². The van der Waals surface area contributed by atoms with Crippen molar-refractivity contribution in [2.24, 2.45) is 5.73 Å². The second-order valence-electron chi connectivity index (χ2n) is 7.07. The number of urea groups is 1. The van der Waals surface area contributed by atoms with Crippen LogP contribution in [0.5, 0.6) is 11.5 Å². The van der Waals surface area contributed by atoms with Crippen molar-refractivity contribution in [1.82, 2.24) is 25.2 Å².